The summed E-state index contributed by atoms with van der Waals surface area (Å²) in [5.41, 5.74) is 0. The van der Waals surface area contributed by atoms with Crippen LogP contribution in [0.4, 0.5) is 0 Å². The minimum absolute atomic E-state index is 0.0522. The number of rotatable bonds is 42. The molecule has 0 saturated heterocycles. The molecular weight excluding hydrogens is 693 g/mol. The van der Waals surface area contributed by atoms with Crippen LogP contribution in [0.15, 0.2) is 72.9 Å². The van der Waals surface area contributed by atoms with E-state index in [-0.39, 0.29) is 25.2 Å². The molecule has 0 N–H and O–H groups in total. The lowest BCUT2D eigenvalue weighted by molar-refractivity contribution is -0.163. The minimum Gasteiger partial charge on any atom is -0.462 e. The van der Waals surface area contributed by atoms with Gasteiger partial charge in [-0.05, 0) is 83.5 Å². The number of allylic oxidation sites excluding steroid dienone is 12. The number of ether oxygens (including phenoxy) is 3. The van der Waals surface area contributed by atoms with Crippen molar-refractivity contribution < 1.29 is 23.8 Å². The van der Waals surface area contributed by atoms with Gasteiger partial charge in [-0.1, -0.05) is 190 Å². The quantitative estimate of drug-likeness (QED) is 0.0351. The molecule has 0 aromatic heterocycles. The topological polar surface area (TPSA) is 61.8 Å². The van der Waals surface area contributed by atoms with E-state index in [9.17, 15) is 9.59 Å². The Morgan fingerprint density at radius 3 is 1.36 bits per heavy atom. The molecule has 0 saturated carbocycles. The van der Waals surface area contributed by atoms with Gasteiger partial charge in [-0.3, -0.25) is 9.59 Å². The average Bonchev–Trinajstić information content (AvgIpc) is 3.20. The van der Waals surface area contributed by atoms with E-state index in [4.69, 9.17) is 14.2 Å². The van der Waals surface area contributed by atoms with Gasteiger partial charge in [0, 0.05) is 19.4 Å². The molecule has 322 valence electrons. The first-order valence-electron chi connectivity index (χ1n) is 23.5. The van der Waals surface area contributed by atoms with E-state index in [1.807, 2.05) is 0 Å². The lowest BCUT2D eigenvalue weighted by Gasteiger charge is -2.18. The number of carbonyl (C=O) groups excluding carboxylic acids is 2. The molecule has 0 fully saturated rings. The molecular formula is C51H88O5. The lowest BCUT2D eigenvalue weighted by Crippen LogP contribution is -2.30. The lowest BCUT2D eigenvalue weighted by atomic mass is 10.1. The number of hydrogen-bond donors (Lipinski definition) is 0. The molecule has 0 aliphatic carbocycles. The van der Waals surface area contributed by atoms with E-state index in [0.717, 1.165) is 77.0 Å². The van der Waals surface area contributed by atoms with Crippen LogP contribution in [-0.4, -0.2) is 37.9 Å². The third kappa shape index (κ3) is 44.1. The summed E-state index contributed by atoms with van der Waals surface area (Å²) < 4.78 is 17.2. The van der Waals surface area contributed by atoms with Gasteiger partial charge in [-0.15, -0.1) is 0 Å². The van der Waals surface area contributed by atoms with Crippen LogP contribution in [-0.2, 0) is 23.8 Å². The smallest absolute Gasteiger partial charge is 0.306 e. The fraction of sp³-hybridized carbons (Fsp3) is 0.725. The van der Waals surface area contributed by atoms with Gasteiger partial charge >= 0.3 is 11.9 Å². The SMILES string of the molecule is CC/C=C\C/C=C\C/C=C\C/C=C\C/C=C\CCCC(=O)OCC(COCCCCCCCC/C=C\CCCCCCCC)OC(=O)CCCCCCCCC. The maximum atomic E-state index is 12.6. The predicted octanol–water partition coefficient (Wildman–Crippen LogP) is 15.6. The Morgan fingerprint density at radius 1 is 0.411 bits per heavy atom. The number of esters is 2. The Balaban J connectivity index is 4.25. The number of hydrogen-bond acceptors (Lipinski definition) is 5. The van der Waals surface area contributed by atoms with Crippen molar-refractivity contribution in [1.82, 2.24) is 0 Å². The fourth-order valence-electron chi connectivity index (χ4n) is 6.24. The maximum absolute atomic E-state index is 12.6. The summed E-state index contributed by atoms with van der Waals surface area (Å²) in [6.07, 6.45) is 59.2. The van der Waals surface area contributed by atoms with Crippen molar-refractivity contribution in [2.45, 2.75) is 219 Å². The van der Waals surface area contributed by atoms with Crippen LogP contribution >= 0.6 is 0 Å². The average molecular weight is 781 g/mol. The molecule has 0 amide bonds. The molecule has 0 aromatic carbocycles. The van der Waals surface area contributed by atoms with Crippen molar-refractivity contribution in [1.29, 1.82) is 0 Å². The number of unbranched alkanes of at least 4 members (excludes halogenated alkanes) is 19. The molecule has 0 spiro atoms. The highest BCUT2D eigenvalue weighted by atomic mass is 16.6. The van der Waals surface area contributed by atoms with Crippen LogP contribution in [0, 0.1) is 0 Å². The second-order valence-corrected chi connectivity index (χ2v) is 15.3. The monoisotopic (exact) mass is 781 g/mol. The summed E-state index contributed by atoms with van der Waals surface area (Å²) in [5, 5.41) is 0. The molecule has 5 heteroatoms. The minimum atomic E-state index is -0.559. The Hall–Kier alpha value is -2.66. The largest absolute Gasteiger partial charge is 0.462 e. The van der Waals surface area contributed by atoms with E-state index < -0.39 is 6.10 Å². The van der Waals surface area contributed by atoms with E-state index in [0.29, 0.717) is 19.4 Å². The third-order valence-corrected chi connectivity index (χ3v) is 9.73. The van der Waals surface area contributed by atoms with Crippen molar-refractivity contribution in [2.24, 2.45) is 0 Å². The predicted molar refractivity (Wildman–Crippen MR) is 242 cm³/mol. The van der Waals surface area contributed by atoms with Gasteiger partial charge in [0.15, 0.2) is 6.10 Å². The van der Waals surface area contributed by atoms with Crippen molar-refractivity contribution in [3.8, 4) is 0 Å². The van der Waals surface area contributed by atoms with Gasteiger partial charge in [0.2, 0.25) is 0 Å². The molecule has 0 radical (unpaired) electrons. The Kier molecular flexibility index (Phi) is 44.5. The summed E-state index contributed by atoms with van der Waals surface area (Å²) in [5.74, 6) is -0.474. The fourth-order valence-corrected chi connectivity index (χ4v) is 6.24. The third-order valence-electron chi connectivity index (χ3n) is 9.73. The van der Waals surface area contributed by atoms with Crippen LogP contribution in [0.1, 0.15) is 213 Å². The van der Waals surface area contributed by atoms with E-state index in [1.54, 1.807) is 0 Å². The van der Waals surface area contributed by atoms with Crippen LogP contribution in [0.2, 0.25) is 0 Å². The summed E-state index contributed by atoms with van der Waals surface area (Å²) >= 11 is 0. The van der Waals surface area contributed by atoms with Gasteiger partial charge in [0.05, 0.1) is 6.61 Å². The second-order valence-electron chi connectivity index (χ2n) is 15.3. The first-order valence-corrected chi connectivity index (χ1v) is 23.5. The first kappa shape index (κ1) is 53.3. The van der Waals surface area contributed by atoms with Crippen molar-refractivity contribution in [2.75, 3.05) is 19.8 Å². The molecule has 1 unspecified atom stereocenters. The zero-order valence-corrected chi connectivity index (χ0v) is 36.9. The molecule has 56 heavy (non-hydrogen) atoms. The van der Waals surface area contributed by atoms with Gasteiger partial charge in [0.1, 0.15) is 6.61 Å². The summed E-state index contributed by atoms with van der Waals surface area (Å²) in [7, 11) is 0. The molecule has 0 bridgehead atoms. The van der Waals surface area contributed by atoms with Crippen LogP contribution < -0.4 is 0 Å². The van der Waals surface area contributed by atoms with Crippen molar-refractivity contribution >= 4 is 11.9 Å². The summed E-state index contributed by atoms with van der Waals surface area (Å²) in [6.45, 7) is 7.60. The van der Waals surface area contributed by atoms with Crippen LogP contribution in [0.3, 0.4) is 0 Å². The molecule has 0 heterocycles. The van der Waals surface area contributed by atoms with E-state index in [1.165, 1.54) is 103 Å². The maximum Gasteiger partial charge on any atom is 0.306 e. The second kappa shape index (κ2) is 46.7. The van der Waals surface area contributed by atoms with Gasteiger partial charge in [-0.25, -0.2) is 0 Å². The van der Waals surface area contributed by atoms with E-state index >= 15 is 0 Å². The zero-order valence-electron chi connectivity index (χ0n) is 36.9. The van der Waals surface area contributed by atoms with Crippen molar-refractivity contribution in [3.63, 3.8) is 0 Å². The van der Waals surface area contributed by atoms with Crippen LogP contribution in [0.25, 0.3) is 0 Å². The molecule has 0 aromatic rings. The Labute approximate surface area is 347 Å². The molecule has 0 aliphatic rings. The van der Waals surface area contributed by atoms with Crippen molar-refractivity contribution in [3.05, 3.63) is 72.9 Å². The highest BCUT2D eigenvalue weighted by Crippen LogP contribution is 2.12. The summed E-state index contributed by atoms with van der Waals surface area (Å²) in [4.78, 5) is 25.1. The molecule has 0 rings (SSSR count). The molecule has 1 atom stereocenters. The molecule has 5 nitrogen and oxygen atoms in total. The van der Waals surface area contributed by atoms with Gasteiger partial charge in [-0.2, -0.15) is 0 Å². The first-order chi connectivity index (χ1) is 27.6. The Morgan fingerprint density at radius 2 is 0.821 bits per heavy atom. The standard InChI is InChI=1S/C51H88O5/c1-4-7-10-13-16-18-20-22-24-26-27-29-31-33-36-38-41-44-50(52)55-48-49(56-51(53)45-42-39-35-15-12-9-6-3)47-54-46-43-40-37-34-32-30-28-25-23-21-19-17-14-11-8-5-2/h7,10,16,18,22-25,27,29,33,36,49H,4-6,8-9,11-15,17,19-21,26,28,30-32,34-35,37-48H2,1-3H3/b10-7-,18-16-,24-22-,25-23-,29-27-,36-33-. The zero-order chi connectivity index (χ0) is 40.7. The number of carbonyl (C=O) groups is 2. The van der Waals surface area contributed by atoms with Gasteiger partial charge < -0.3 is 14.2 Å². The van der Waals surface area contributed by atoms with Gasteiger partial charge in [0.25, 0.3) is 0 Å². The van der Waals surface area contributed by atoms with E-state index in [2.05, 4.69) is 93.7 Å². The normalized spacial score (nSPS) is 12.8. The highest BCUT2D eigenvalue weighted by Gasteiger charge is 2.17. The van der Waals surface area contributed by atoms with Crippen LogP contribution in [0.5, 0.6) is 0 Å². The summed E-state index contributed by atoms with van der Waals surface area (Å²) in [6, 6.07) is 0. The Bertz CT molecular complexity index is 1020. The highest BCUT2D eigenvalue weighted by molar-refractivity contribution is 5.70. The molecule has 0 aliphatic heterocycles.